The Labute approximate surface area is 112 Å². The lowest BCUT2D eigenvalue weighted by molar-refractivity contribution is 0.313. The Hall–Kier alpha value is -0.540. The number of unbranched alkanes of at least 4 members (excludes halogenated alkanes) is 1. The van der Waals surface area contributed by atoms with E-state index >= 15 is 0 Å². The molecule has 0 fully saturated rings. The van der Waals surface area contributed by atoms with Crippen molar-refractivity contribution >= 4 is 15.9 Å². The Morgan fingerprint density at radius 1 is 1.24 bits per heavy atom. The van der Waals surface area contributed by atoms with Crippen LogP contribution in [-0.4, -0.2) is 13.2 Å². The minimum absolute atomic E-state index is 0.775. The average molecular weight is 298 g/mol. The smallest absolute Gasteiger partial charge is 0.125 e. The highest BCUT2D eigenvalue weighted by Gasteiger charge is 2.14. The third kappa shape index (κ3) is 3.46. The van der Waals surface area contributed by atoms with Crippen molar-refractivity contribution in [2.45, 2.75) is 38.5 Å². The molecule has 0 unspecified atom stereocenters. The van der Waals surface area contributed by atoms with Crippen molar-refractivity contribution in [3.8, 4) is 5.75 Å². The van der Waals surface area contributed by atoms with Crippen LogP contribution < -0.4 is 10.5 Å². The molecule has 0 aliphatic carbocycles. The quantitative estimate of drug-likeness (QED) is 0.864. The van der Waals surface area contributed by atoms with Crippen molar-refractivity contribution in [3.63, 3.8) is 0 Å². The Morgan fingerprint density at radius 3 is 2.94 bits per heavy atom. The molecule has 1 aliphatic heterocycles. The molecule has 0 bridgehead atoms. The lowest BCUT2D eigenvalue weighted by Crippen LogP contribution is -2.02. The molecule has 2 N–H and O–H groups in total. The molecule has 1 aliphatic rings. The molecule has 1 aromatic rings. The highest BCUT2D eigenvalue weighted by atomic mass is 79.9. The summed E-state index contributed by atoms with van der Waals surface area (Å²) in [5.41, 5.74) is 8.24. The molecule has 94 valence electrons. The van der Waals surface area contributed by atoms with E-state index in [0.29, 0.717) is 0 Å². The van der Waals surface area contributed by atoms with Crippen molar-refractivity contribution in [2.75, 3.05) is 13.2 Å². The third-order valence-electron chi connectivity index (χ3n) is 3.19. The number of rotatable bonds is 4. The molecule has 0 saturated carbocycles. The van der Waals surface area contributed by atoms with E-state index in [4.69, 9.17) is 10.5 Å². The van der Waals surface area contributed by atoms with Crippen LogP contribution >= 0.6 is 15.9 Å². The summed E-state index contributed by atoms with van der Waals surface area (Å²) in [7, 11) is 0. The molecule has 0 amide bonds. The van der Waals surface area contributed by atoms with E-state index in [2.05, 4.69) is 28.1 Å². The molecule has 17 heavy (non-hydrogen) atoms. The zero-order chi connectivity index (χ0) is 12.1. The number of benzene rings is 1. The van der Waals surface area contributed by atoms with Gasteiger partial charge in [-0.15, -0.1) is 0 Å². The maximum atomic E-state index is 5.91. The van der Waals surface area contributed by atoms with Gasteiger partial charge in [-0.05, 0) is 68.3 Å². The Morgan fingerprint density at radius 2 is 2.12 bits per heavy atom. The van der Waals surface area contributed by atoms with Gasteiger partial charge in [0.2, 0.25) is 0 Å². The molecule has 0 radical (unpaired) electrons. The van der Waals surface area contributed by atoms with E-state index in [9.17, 15) is 0 Å². The van der Waals surface area contributed by atoms with Crippen molar-refractivity contribution < 1.29 is 4.74 Å². The van der Waals surface area contributed by atoms with Gasteiger partial charge in [0.15, 0.2) is 0 Å². The summed E-state index contributed by atoms with van der Waals surface area (Å²) in [4.78, 5) is 0. The Kier molecular flexibility index (Phi) is 4.86. The highest BCUT2D eigenvalue weighted by molar-refractivity contribution is 9.10. The largest absolute Gasteiger partial charge is 0.493 e. The Bertz CT molecular complexity index is 379. The fraction of sp³-hybridized carbons (Fsp3) is 0.571. The second kappa shape index (κ2) is 6.41. The molecular formula is C14H20BrNO. The van der Waals surface area contributed by atoms with Crippen LogP contribution in [0.25, 0.3) is 0 Å². The van der Waals surface area contributed by atoms with Gasteiger partial charge in [-0.2, -0.15) is 0 Å². The van der Waals surface area contributed by atoms with Gasteiger partial charge < -0.3 is 10.5 Å². The van der Waals surface area contributed by atoms with Gasteiger partial charge >= 0.3 is 0 Å². The molecule has 2 nitrogen and oxygen atoms in total. The highest BCUT2D eigenvalue weighted by Crippen LogP contribution is 2.32. The normalized spacial score (nSPS) is 14.9. The van der Waals surface area contributed by atoms with Gasteiger partial charge in [0.05, 0.1) is 6.61 Å². The SMILES string of the molecule is NCCCCc1cc(Br)cc2c1OCCCC2. The van der Waals surface area contributed by atoms with Crippen molar-refractivity contribution in [2.24, 2.45) is 5.73 Å². The maximum Gasteiger partial charge on any atom is 0.125 e. The van der Waals surface area contributed by atoms with E-state index in [0.717, 1.165) is 51.0 Å². The first kappa shape index (κ1) is 12.9. The lowest BCUT2D eigenvalue weighted by atomic mass is 10.0. The van der Waals surface area contributed by atoms with E-state index in [-0.39, 0.29) is 0 Å². The van der Waals surface area contributed by atoms with E-state index < -0.39 is 0 Å². The summed E-state index contributed by atoms with van der Waals surface area (Å²) in [6.07, 6.45) is 6.82. The molecule has 0 spiro atoms. The second-order valence-corrected chi connectivity index (χ2v) is 5.52. The third-order valence-corrected chi connectivity index (χ3v) is 3.65. The number of fused-ring (bicyclic) bond motifs is 1. The molecule has 1 heterocycles. The van der Waals surface area contributed by atoms with Crippen LogP contribution in [0.4, 0.5) is 0 Å². The lowest BCUT2D eigenvalue weighted by Gasteiger charge is -2.13. The number of nitrogens with two attached hydrogens (primary N) is 1. The van der Waals surface area contributed by atoms with Crippen LogP contribution in [0.3, 0.4) is 0 Å². The van der Waals surface area contributed by atoms with Crippen molar-refractivity contribution in [1.82, 2.24) is 0 Å². The zero-order valence-corrected chi connectivity index (χ0v) is 11.8. The first-order valence-electron chi connectivity index (χ1n) is 6.45. The van der Waals surface area contributed by atoms with Gasteiger partial charge in [0.25, 0.3) is 0 Å². The molecule has 1 aromatic carbocycles. The molecular weight excluding hydrogens is 278 g/mol. The predicted molar refractivity (Wildman–Crippen MR) is 74.6 cm³/mol. The number of aryl methyl sites for hydroxylation is 2. The fourth-order valence-corrected chi connectivity index (χ4v) is 2.87. The molecule has 0 atom stereocenters. The van der Waals surface area contributed by atoms with Crippen LogP contribution in [0.2, 0.25) is 0 Å². The van der Waals surface area contributed by atoms with Gasteiger partial charge in [-0.25, -0.2) is 0 Å². The minimum Gasteiger partial charge on any atom is -0.493 e. The topological polar surface area (TPSA) is 35.2 Å². The van der Waals surface area contributed by atoms with E-state index in [1.54, 1.807) is 0 Å². The summed E-state index contributed by atoms with van der Waals surface area (Å²) in [5, 5.41) is 0. The summed E-state index contributed by atoms with van der Waals surface area (Å²) in [6, 6.07) is 4.40. The molecule has 0 aromatic heterocycles. The minimum atomic E-state index is 0.775. The first-order valence-corrected chi connectivity index (χ1v) is 7.24. The van der Waals surface area contributed by atoms with Gasteiger partial charge in [-0.3, -0.25) is 0 Å². The summed E-state index contributed by atoms with van der Waals surface area (Å²) < 4.78 is 7.08. The first-order chi connectivity index (χ1) is 8.31. The number of ether oxygens (including phenoxy) is 1. The van der Waals surface area contributed by atoms with Crippen LogP contribution in [0.1, 0.15) is 36.8 Å². The number of halogens is 1. The monoisotopic (exact) mass is 297 g/mol. The van der Waals surface area contributed by atoms with Crippen LogP contribution in [0.15, 0.2) is 16.6 Å². The summed E-state index contributed by atoms with van der Waals surface area (Å²) >= 11 is 3.60. The second-order valence-electron chi connectivity index (χ2n) is 4.60. The van der Waals surface area contributed by atoms with Crippen LogP contribution in [-0.2, 0) is 12.8 Å². The average Bonchev–Trinajstić information content (AvgIpc) is 2.54. The van der Waals surface area contributed by atoms with Gasteiger partial charge in [-0.1, -0.05) is 15.9 Å². The summed E-state index contributed by atoms with van der Waals surface area (Å²) in [5.74, 6) is 1.14. The standard InChI is InChI=1S/C14H20BrNO/c15-13-9-11(5-1-3-7-16)14-12(10-13)6-2-4-8-17-14/h9-10H,1-8,16H2. The van der Waals surface area contributed by atoms with Gasteiger partial charge in [0, 0.05) is 4.47 Å². The molecule has 0 saturated heterocycles. The Balaban J connectivity index is 2.20. The van der Waals surface area contributed by atoms with E-state index in [1.165, 1.54) is 22.0 Å². The van der Waals surface area contributed by atoms with Gasteiger partial charge in [0.1, 0.15) is 5.75 Å². The molecule has 2 rings (SSSR count). The summed E-state index contributed by atoms with van der Waals surface area (Å²) in [6.45, 7) is 1.63. The van der Waals surface area contributed by atoms with Crippen LogP contribution in [0, 0.1) is 0 Å². The zero-order valence-electron chi connectivity index (χ0n) is 10.2. The van der Waals surface area contributed by atoms with Crippen LogP contribution in [0.5, 0.6) is 5.75 Å². The predicted octanol–water partition coefficient (Wildman–Crippen LogP) is 3.45. The maximum absolute atomic E-state index is 5.91. The molecule has 3 heteroatoms. The number of hydrogen-bond donors (Lipinski definition) is 1. The van der Waals surface area contributed by atoms with Crippen molar-refractivity contribution in [1.29, 1.82) is 0 Å². The van der Waals surface area contributed by atoms with E-state index in [1.807, 2.05) is 0 Å². The number of hydrogen-bond acceptors (Lipinski definition) is 2. The fourth-order valence-electron chi connectivity index (χ4n) is 2.32. The van der Waals surface area contributed by atoms with Crippen molar-refractivity contribution in [3.05, 3.63) is 27.7 Å².